The highest BCUT2D eigenvalue weighted by Gasteiger charge is 2.32. The van der Waals surface area contributed by atoms with Gasteiger partial charge in [0.1, 0.15) is 15.7 Å². The first kappa shape index (κ1) is 12.4. The molecule has 2 rings (SSSR count). The molecule has 9 heteroatoms. The molecule has 1 aromatic rings. The molecule has 1 saturated heterocycles. The molecule has 7 nitrogen and oxygen atoms in total. The Kier molecular flexibility index (Phi) is 3.13. The molecule has 17 heavy (non-hydrogen) atoms. The summed E-state index contributed by atoms with van der Waals surface area (Å²) in [5, 5.41) is 5.46. The van der Waals surface area contributed by atoms with Crippen molar-refractivity contribution in [1.29, 1.82) is 0 Å². The molecule has 0 unspecified atom stereocenters. The van der Waals surface area contributed by atoms with Crippen LogP contribution in [0.5, 0.6) is 0 Å². The number of nitrogens with zero attached hydrogens (tertiary/aromatic N) is 1. The lowest BCUT2D eigenvalue weighted by atomic mass is 10.2. The van der Waals surface area contributed by atoms with Gasteiger partial charge >= 0.3 is 0 Å². The van der Waals surface area contributed by atoms with Gasteiger partial charge < -0.3 is 0 Å². The molecule has 0 amide bonds. The van der Waals surface area contributed by atoms with Crippen molar-refractivity contribution in [2.24, 2.45) is 0 Å². The van der Waals surface area contributed by atoms with Crippen LogP contribution in [-0.4, -0.2) is 43.8 Å². The molecular weight excluding hydrogens is 266 g/mol. The molecule has 0 spiro atoms. The molecule has 0 bridgehead atoms. The maximum Gasteiger partial charge on any atom is 0.236 e. The Morgan fingerprint density at radius 3 is 2.53 bits per heavy atom. The molecule has 0 saturated carbocycles. The number of H-pyrrole nitrogens is 1. The maximum atomic E-state index is 11.9. The minimum Gasteiger partial charge on any atom is -0.267 e. The van der Waals surface area contributed by atoms with E-state index in [0.717, 1.165) is 0 Å². The first-order valence-corrected chi connectivity index (χ1v) is 8.47. The minimum atomic E-state index is -3.54. The second-order valence-electron chi connectivity index (χ2n) is 3.97. The van der Waals surface area contributed by atoms with Gasteiger partial charge in [0.05, 0.1) is 23.0 Å². The van der Waals surface area contributed by atoms with E-state index in [1.807, 2.05) is 0 Å². The van der Waals surface area contributed by atoms with E-state index < -0.39 is 25.1 Å². The van der Waals surface area contributed by atoms with Gasteiger partial charge in [-0.25, -0.2) is 16.8 Å². The van der Waals surface area contributed by atoms with Crippen molar-refractivity contribution < 1.29 is 16.8 Å². The SMILES string of the molecule is O=S1(=O)CCC(S(=O)(=O)Nc2ccn[nH]2)CC1. The molecule has 0 radical (unpaired) electrons. The standard InChI is InChI=1S/C8H13N3O4S2/c12-16(13)5-2-7(3-6-16)17(14,15)11-8-1-4-9-10-8/h1,4,7H,2-3,5-6H2,(H2,9,10,11). The highest BCUT2D eigenvalue weighted by atomic mass is 32.2. The van der Waals surface area contributed by atoms with Gasteiger partial charge in [-0.3, -0.25) is 9.82 Å². The summed E-state index contributed by atoms with van der Waals surface area (Å²) in [5.41, 5.74) is 0. The molecule has 96 valence electrons. The van der Waals surface area contributed by atoms with Crippen molar-refractivity contribution in [3.63, 3.8) is 0 Å². The Morgan fingerprint density at radius 1 is 1.35 bits per heavy atom. The van der Waals surface area contributed by atoms with Crippen molar-refractivity contribution in [2.75, 3.05) is 16.2 Å². The summed E-state index contributed by atoms with van der Waals surface area (Å²) in [6, 6.07) is 1.50. The summed E-state index contributed by atoms with van der Waals surface area (Å²) in [6.45, 7) is 0. The lowest BCUT2D eigenvalue weighted by Gasteiger charge is -2.22. The highest BCUT2D eigenvalue weighted by molar-refractivity contribution is 7.94. The van der Waals surface area contributed by atoms with Gasteiger partial charge in [-0.1, -0.05) is 0 Å². The lowest BCUT2D eigenvalue weighted by molar-refractivity contribution is 0.555. The van der Waals surface area contributed by atoms with Crippen LogP contribution in [0.1, 0.15) is 12.8 Å². The molecule has 0 aliphatic carbocycles. The first-order chi connectivity index (χ1) is 7.89. The second-order valence-corrected chi connectivity index (χ2v) is 8.23. The van der Waals surface area contributed by atoms with E-state index in [9.17, 15) is 16.8 Å². The number of rotatable bonds is 3. The minimum absolute atomic E-state index is 0.0679. The Hall–Kier alpha value is -1.09. The molecule has 0 atom stereocenters. The van der Waals surface area contributed by atoms with Crippen LogP contribution in [0.25, 0.3) is 0 Å². The Balaban J connectivity index is 2.07. The summed E-state index contributed by atoms with van der Waals surface area (Å²) in [4.78, 5) is 0. The lowest BCUT2D eigenvalue weighted by Crippen LogP contribution is -2.36. The number of hydrogen-bond donors (Lipinski definition) is 2. The quantitative estimate of drug-likeness (QED) is 0.791. The molecule has 1 aliphatic heterocycles. The van der Waals surface area contributed by atoms with Crippen LogP contribution < -0.4 is 4.72 Å². The third-order valence-electron chi connectivity index (χ3n) is 2.69. The predicted octanol–water partition coefficient (Wildman–Crippen LogP) is -0.271. The van der Waals surface area contributed by atoms with E-state index in [1.54, 1.807) is 0 Å². The van der Waals surface area contributed by atoms with Crippen molar-refractivity contribution >= 4 is 25.7 Å². The van der Waals surface area contributed by atoms with Crippen LogP contribution >= 0.6 is 0 Å². The first-order valence-electron chi connectivity index (χ1n) is 5.10. The molecule has 0 aromatic carbocycles. The fourth-order valence-electron chi connectivity index (χ4n) is 1.73. The van der Waals surface area contributed by atoms with Gasteiger partial charge in [0.15, 0.2) is 0 Å². The number of anilines is 1. The predicted molar refractivity (Wildman–Crippen MR) is 62.8 cm³/mol. The van der Waals surface area contributed by atoms with Crippen LogP contribution in [0.15, 0.2) is 12.3 Å². The number of nitrogens with one attached hydrogen (secondary N) is 2. The molecular formula is C8H13N3O4S2. The van der Waals surface area contributed by atoms with Crippen LogP contribution in [-0.2, 0) is 19.9 Å². The van der Waals surface area contributed by atoms with E-state index >= 15 is 0 Å². The number of hydrogen-bond acceptors (Lipinski definition) is 5. The van der Waals surface area contributed by atoms with Gasteiger partial charge in [-0.15, -0.1) is 0 Å². The fraction of sp³-hybridized carbons (Fsp3) is 0.625. The molecule has 1 aromatic heterocycles. The average molecular weight is 279 g/mol. The van der Waals surface area contributed by atoms with E-state index in [4.69, 9.17) is 0 Å². The van der Waals surface area contributed by atoms with E-state index in [2.05, 4.69) is 14.9 Å². The van der Waals surface area contributed by atoms with Crippen molar-refractivity contribution in [3.05, 3.63) is 12.3 Å². The molecule has 1 fully saturated rings. The third-order valence-corrected chi connectivity index (χ3v) is 6.26. The maximum absolute atomic E-state index is 11.9. The Morgan fingerprint density at radius 2 is 2.00 bits per heavy atom. The number of sulfone groups is 1. The zero-order chi connectivity index (χ0) is 12.5. The zero-order valence-corrected chi connectivity index (χ0v) is 10.6. The van der Waals surface area contributed by atoms with Gasteiger partial charge in [0.2, 0.25) is 10.0 Å². The largest absolute Gasteiger partial charge is 0.267 e. The van der Waals surface area contributed by atoms with Crippen LogP contribution in [0.2, 0.25) is 0 Å². The van der Waals surface area contributed by atoms with Crippen LogP contribution in [0, 0.1) is 0 Å². The summed E-state index contributed by atoms with van der Waals surface area (Å²) in [5.74, 6) is 0.154. The summed E-state index contributed by atoms with van der Waals surface area (Å²) in [7, 11) is -6.59. The van der Waals surface area contributed by atoms with Crippen molar-refractivity contribution in [3.8, 4) is 0 Å². The fourth-order valence-corrected chi connectivity index (χ4v) is 4.96. The second kappa shape index (κ2) is 4.30. The van der Waals surface area contributed by atoms with Crippen LogP contribution in [0.3, 0.4) is 0 Å². The highest BCUT2D eigenvalue weighted by Crippen LogP contribution is 2.20. The van der Waals surface area contributed by atoms with Gasteiger partial charge in [0.25, 0.3) is 0 Å². The normalized spacial score (nSPS) is 21.2. The average Bonchev–Trinajstić information content (AvgIpc) is 2.68. The zero-order valence-electron chi connectivity index (χ0n) is 8.96. The molecule has 2 N–H and O–H groups in total. The van der Waals surface area contributed by atoms with Gasteiger partial charge in [0, 0.05) is 6.07 Å². The number of sulfonamides is 1. The van der Waals surface area contributed by atoms with Crippen molar-refractivity contribution in [2.45, 2.75) is 18.1 Å². The monoisotopic (exact) mass is 279 g/mol. The number of aromatic amines is 1. The van der Waals surface area contributed by atoms with E-state index in [-0.39, 0.29) is 24.3 Å². The number of aromatic nitrogens is 2. The van der Waals surface area contributed by atoms with Crippen molar-refractivity contribution in [1.82, 2.24) is 10.2 Å². The Labute approximate surface area is 99.6 Å². The van der Waals surface area contributed by atoms with Gasteiger partial charge in [-0.2, -0.15) is 5.10 Å². The van der Waals surface area contributed by atoms with Crippen LogP contribution in [0.4, 0.5) is 5.82 Å². The van der Waals surface area contributed by atoms with E-state index in [1.165, 1.54) is 12.3 Å². The summed E-state index contributed by atoms with van der Waals surface area (Å²) < 4.78 is 48.6. The van der Waals surface area contributed by atoms with E-state index in [0.29, 0.717) is 5.82 Å². The van der Waals surface area contributed by atoms with Gasteiger partial charge in [-0.05, 0) is 12.8 Å². The third kappa shape index (κ3) is 2.97. The topological polar surface area (TPSA) is 109 Å². The smallest absolute Gasteiger partial charge is 0.236 e. The molecule has 2 heterocycles. The molecule has 1 aliphatic rings. The Bertz CT molecular complexity index is 562. The summed E-state index contributed by atoms with van der Waals surface area (Å²) in [6.07, 6.45) is 1.72. The summed E-state index contributed by atoms with van der Waals surface area (Å²) >= 11 is 0.